The zero-order chi connectivity index (χ0) is 17.4. The Morgan fingerprint density at radius 1 is 1.25 bits per heavy atom. The van der Waals surface area contributed by atoms with Crippen molar-refractivity contribution in [3.63, 3.8) is 0 Å². The molecule has 0 spiro atoms. The molecule has 0 radical (unpaired) electrons. The van der Waals surface area contributed by atoms with Crippen LogP contribution in [0.15, 0.2) is 34.2 Å². The highest BCUT2D eigenvalue weighted by atomic mass is 32.2. The van der Waals surface area contributed by atoms with Crippen LogP contribution >= 0.6 is 11.8 Å². The van der Waals surface area contributed by atoms with Crippen LogP contribution in [0.5, 0.6) is 5.75 Å². The van der Waals surface area contributed by atoms with Gasteiger partial charge in [-0.2, -0.15) is 4.99 Å². The first-order chi connectivity index (χ1) is 11.6. The van der Waals surface area contributed by atoms with Crippen molar-refractivity contribution >= 4 is 34.8 Å². The van der Waals surface area contributed by atoms with Crippen LogP contribution in [0.2, 0.25) is 0 Å². The first-order valence-electron chi connectivity index (χ1n) is 8.11. The lowest BCUT2D eigenvalue weighted by Gasteiger charge is -2.06. The van der Waals surface area contributed by atoms with Crippen LogP contribution in [0, 0.1) is 0 Å². The van der Waals surface area contributed by atoms with Crippen molar-refractivity contribution < 1.29 is 14.3 Å². The van der Waals surface area contributed by atoms with Gasteiger partial charge in [0.05, 0.1) is 11.5 Å². The number of amides is 2. The third-order valence-corrected chi connectivity index (χ3v) is 4.25. The molecule has 128 valence electrons. The number of amidine groups is 1. The molecule has 2 rings (SSSR count). The number of carbonyl (C=O) groups excluding carboxylic acids is 2. The molecule has 0 saturated carbocycles. The maximum absolute atomic E-state index is 11.8. The van der Waals surface area contributed by atoms with Gasteiger partial charge in [-0.1, -0.05) is 38.3 Å². The van der Waals surface area contributed by atoms with Crippen molar-refractivity contribution in [2.24, 2.45) is 4.99 Å². The van der Waals surface area contributed by atoms with Crippen molar-refractivity contribution in [2.75, 3.05) is 6.61 Å². The van der Waals surface area contributed by atoms with E-state index in [-0.39, 0.29) is 11.8 Å². The van der Waals surface area contributed by atoms with Crippen LogP contribution in [0.25, 0.3) is 6.08 Å². The maximum atomic E-state index is 11.8. The second-order valence-electron chi connectivity index (χ2n) is 5.49. The number of aliphatic imine (C=N–C) groups is 1. The van der Waals surface area contributed by atoms with Crippen molar-refractivity contribution in [3.05, 3.63) is 34.7 Å². The van der Waals surface area contributed by atoms with E-state index in [0.717, 1.165) is 24.3 Å². The molecule has 0 unspecified atom stereocenters. The average Bonchev–Trinajstić information content (AvgIpc) is 2.87. The molecule has 0 saturated heterocycles. The molecule has 6 heteroatoms. The highest BCUT2D eigenvalue weighted by Crippen LogP contribution is 2.27. The van der Waals surface area contributed by atoms with Gasteiger partial charge in [-0.15, -0.1) is 0 Å². The number of benzene rings is 1. The lowest BCUT2D eigenvalue weighted by atomic mass is 10.2. The predicted molar refractivity (Wildman–Crippen MR) is 97.9 cm³/mol. The van der Waals surface area contributed by atoms with E-state index < -0.39 is 0 Å². The van der Waals surface area contributed by atoms with Gasteiger partial charge in [0.15, 0.2) is 5.17 Å². The van der Waals surface area contributed by atoms with E-state index in [2.05, 4.69) is 17.2 Å². The minimum atomic E-state index is -0.333. The summed E-state index contributed by atoms with van der Waals surface area (Å²) in [6.07, 6.45) is 6.47. The zero-order valence-electron chi connectivity index (χ0n) is 14.0. The fraction of sp³-hybridized carbons (Fsp3) is 0.389. The van der Waals surface area contributed by atoms with Crippen LogP contribution in [-0.2, 0) is 9.59 Å². The van der Waals surface area contributed by atoms with Crippen LogP contribution in [-0.4, -0.2) is 23.6 Å². The fourth-order valence-electron chi connectivity index (χ4n) is 2.14. The molecule has 2 amide bonds. The summed E-state index contributed by atoms with van der Waals surface area (Å²) in [6, 6.07) is 7.59. The van der Waals surface area contributed by atoms with E-state index in [1.165, 1.54) is 37.9 Å². The Kier molecular flexibility index (Phi) is 7.06. The second kappa shape index (κ2) is 9.27. The first kappa shape index (κ1) is 18.3. The van der Waals surface area contributed by atoms with Crippen molar-refractivity contribution in [1.82, 2.24) is 5.32 Å². The van der Waals surface area contributed by atoms with E-state index in [1.54, 1.807) is 6.08 Å². The van der Waals surface area contributed by atoms with Crippen molar-refractivity contribution in [3.8, 4) is 5.75 Å². The van der Waals surface area contributed by atoms with Gasteiger partial charge in [0.25, 0.3) is 5.91 Å². The number of hydrogen-bond donors (Lipinski definition) is 1. The summed E-state index contributed by atoms with van der Waals surface area (Å²) in [5.74, 6) is 0.255. The van der Waals surface area contributed by atoms with Gasteiger partial charge in [0.1, 0.15) is 5.75 Å². The summed E-state index contributed by atoms with van der Waals surface area (Å²) in [4.78, 5) is 27.1. The maximum Gasteiger partial charge on any atom is 0.286 e. The van der Waals surface area contributed by atoms with Gasteiger partial charge < -0.3 is 10.1 Å². The molecule has 0 aliphatic carbocycles. The molecule has 0 bridgehead atoms. The molecular weight excluding hydrogens is 324 g/mol. The van der Waals surface area contributed by atoms with E-state index in [9.17, 15) is 9.59 Å². The molecule has 1 aromatic carbocycles. The molecule has 1 aliphatic heterocycles. The molecular formula is C18H22N2O3S. The first-order valence-corrected chi connectivity index (χ1v) is 8.93. The average molecular weight is 346 g/mol. The summed E-state index contributed by atoms with van der Waals surface area (Å²) in [6.45, 7) is 4.30. The third kappa shape index (κ3) is 5.85. The van der Waals surface area contributed by atoms with Crippen molar-refractivity contribution in [2.45, 2.75) is 39.5 Å². The molecule has 1 aliphatic rings. The quantitative estimate of drug-likeness (QED) is 0.603. The Hall–Kier alpha value is -2.08. The minimum Gasteiger partial charge on any atom is -0.494 e. The molecule has 24 heavy (non-hydrogen) atoms. The highest BCUT2D eigenvalue weighted by Gasteiger charge is 2.22. The molecule has 5 nitrogen and oxygen atoms in total. The summed E-state index contributed by atoms with van der Waals surface area (Å²) in [5, 5.41) is 2.85. The largest absolute Gasteiger partial charge is 0.494 e. The second-order valence-corrected chi connectivity index (χ2v) is 6.52. The Balaban J connectivity index is 1.87. The lowest BCUT2D eigenvalue weighted by Crippen LogP contribution is -2.23. The summed E-state index contributed by atoms with van der Waals surface area (Å²) < 4.78 is 5.70. The number of rotatable bonds is 7. The number of thioether (sulfide) groups is 1. The monoisotopic (exact) mass is 346 g/mol. The predicted octanol–water partition coefficient (Wildman–Crippen LogP) is 3.75. The Morgan fingerprint density at radius 2 is 2.00 bits per heavy atom. The van der Waals surface area contributed by atoms with Crippen LogP contribution in [0.4, 0.5) is 0 Å². The molecule has 0 fully saturated rings. The van der Waals surface area contributed by atoms with Gasteiger partial charge in [-0.3, -0.25) is 9.59 Å². The van der Waals surface area contributed by atoms with E-state index in [1.807, 2.05) is 24.3 Å². The standard InChI is InChI=1S/C18H22N2O3S/c1-3-4-5-6-11-23-15-9-7-14(8-10-15)12-16-17(22)20-18(24-16)19-13(2)21/h7-10,12H,3-6,11H2,1-2H3,(H,19,20,21,22)/b16-12+. The highest BCUT2D eigenvalue weighted by molar-refractivity contribution is 8.18. The third-order valence-electron chi connectivity index (χ3n) is 3.35. The minimum absolute atomic E-state index is 0.240. The SMILES string of the molecule is CCCCCCOc1ccc(/C=C2/SC(NC(C)=O)=NC2=O)cc1. The van der Waals surface area contributed by atoms with E-state index >= 15 is 0 Å². The summed E-state index contributed by atoms with van der Waals surface area (Å²) >= 11 is 1.17. The molecule has 0 aromatic heterocycles. The number of nitrogens with zero attached hydrogens (tertiary/aromatic N) is 1. The number of unbranched alkanes of at least 4 members (excludes halogenated alkanes) is 3. The fourth-order valence-corrected chi connectivity index (χ4v) is 3.00. The normalized spacial score (nSPS) is 15.5. The molecule has 1 heterocycles. The van der Waals surface area contributed by atoms with Crippen LogP contribution in [0.3, 0.4) is 0 Å². The molecule has 1 aromatic rings. The van der Waals surface area contributed by atoms with Gasteiger partial charge in [0.2, 0.25) is 5.91 Å². The number of ether oxygens (including phenoxy) is 1. The van der Waals surface area contributed by atoms with E-state index in [4.69, 9.17) is 4.74 Å². The summed E-state index contributed by atoms with van der Waals surface area (Å²) in [7, 11) is 0. The van der Waals surface area contributed by atoms with Gasteiger partial charge in [-0.05, 0) is 42.0 Å². The van der Waals surface area contributed by atoms with Crippen molar-refractivity contribution in [1.29, 1.82) is 0 Å². The number of carbonyl (C=O) groups is 2. The summed E-state index contributed by atoms with van der Waals surface area (Å²) in [5.41, 5.74) is 0.892. The topological polar surface area (TPSA) is 67.8 Å². The Labute approximate surface area is 146 Å². The van der Waals surface area contributed by atoms with Gasteiger partial charge in [-0.25, -0.2) is 0 Å². The Morgan fingerprint density at radius 3 is 2.67 bits per heavy atom. The van der Waals surface area contributed by atoms with Crippen LogP contribution < -0.4 is 10.1 Å². The zero-order valence-corrected chi connectivity index (χ0v) is 14.8. The molecule has 0 atom stereocenters. The number of hydrogen-bond acceptors (Lipinski definition) is 4. The van der Waals surface area contributed by atoms with Crippen LogP contribution in [0.1, 0.15) is 45.1 Å². The smallest absolute Gasteiger partial charge is 0.286 e. The number of nitrogens with one attached hydrogen (secondary N) is 1. The lowest BCUT2D eigenvalue weighted by molar-refractivity contribution is -0.117. The van der Waals surface area contributed by atoms with E-state index in [0.29, 0.717) is 10.1 Å². The van der Waals surface area contributed by atoms with Gasteiger partial charge >= 0.3 is 0 Å². The molecule has 1 N–H and O–H groups in total. The Bertz CT molecular complexity index is 651. The van der Waals surface area contributed by atoms with Gasteiger partial charge in [0, 0.05) is 6.92 Å².